The molecule has 26 heavy (non-hydrogen) atoms. The minimum Gasteiger partial charge on any atom is -0.497 e. The summed E-state index contributed by atoms with van der Waals surface area (Å²) in [7, 11) is 3.00. The molecule has 0 amide bonds. The van der Waals surface area contributed by atoms with E-state index in [1.807, 2.05) is 54.0 Å². The summed E-state index contributed by atoms with van der Waals surface area (Å²) in [5.74, 6) is 0.422. The minimum absolute atomic E-state index is 0.166. The van der Waals surface area contributed by atoms with Crippen LogP contribution in [-0.4, -0.2) is 29.7 Å². The van der Waals surface area contributed by atoms with E-state index in [9.17, 15) is 4.79 Å². The van der Waals surface area contributed by atoms with Gasteiger partial charge in [-0.1, -0.05) is 12.1 Å². The monoisotopic (exact) mass is 350 g/mol. The smallest absolute Gasteiger partial charge is 0.310 e. The summed E-state index contributed by atoms with van der Waals surface area (Å²) in [6.45, 7) is 1.94. The van der Waals surface area contributed by atoms with Crippen LogP contribution in [0.4, 0.5) is 0 Å². The fourth-order valence-electron chi connectivity index (χ4n) is 3.23. The second kappa shape index (κ2) is 6.22. The maximum absolute atomic E-state index is 11.9. The number of methoxy groups -OCH3 is 2. The quantitative estimate of drug-likeness (QED) is 0.524. The van der Waals surface area contributed by atoms with Crippen molar-refractivity contribution in [1.29, 1.82) is 0 Å². The van der Waals surface area contributed by atoms with Gasteiger partial charge >= 0.3 is 12.0 Å². The van der Waals surface area contributed by atoms with E-state index in [1.54, 1.807) is 7.11 Å². The van der Waals surface area contributed by atoms with Crippen molar-refractivity contribution in [2.24, 2.45) is 0 Å². The number of carbonyl (C=O) groups excluding carboxylic acids is 1. The van der Waals surface area contributed by atoms with E-state index in [4.69, 9.17) is 13.9 Å². The number of oxazole rings is 1. The van der Waals surface area contributed by atoms with Gasteiger partial charge in [-0.15, -0.1) is 0 Å². The Bertz CT molecular complexity index is 1090. The molecule has 4 aromatic rings. The molecule has 0 spiro atoms. The Balaban J connectivity index is 1.99. The molecule has 0 unspecified atom stereocenters. The number of rotatable bonds is 4. The van der Waals surface area contributed by atoms with E-state index in [1.165, 1.54) is 7.11 Å². The highest BCUT2D eigenvalue weighted by molar-refractivity contribution is 5.91. The van der Waals surface area contributed by atoms with Crippen LogP contribution >= 0.6 is 0 Å². The van der Waals surface area contributed by atoms with Crippen molar-refractivity contribution < 1.29 is 18.7 Å². The number of ether oxygens (including phenoxy) is 2. The molecule has 2 aromatic carbocycles. The zero-order chi connectivity index (χ0) is 18.3. The van der Waals surface area contributed by atoms with E-state index < -0.39 is 0 Å². The third-order valence-corrected chi connectivity index (χ3v) is 4.56. The van der Waals surface area contributed by atoms with Crippen LogP contribution in [0.25, 0.3) is 28.0 Å². The molecule has 0 saturated heterocycles. The lowest BCUT2D eigenvalue weighted by molar-refractivity contribution is -0.139. The van der Waals surface area contributed by atoms with E-state index in [0.717, 1.165) is 33.4 Å². The summed E-state index contributed by atoms with van der Waals surface area (Å²) in [5.41, 5.74) is 4.14. The summed E-state index contributed by atoms with van der Waals surface area (Å²) < 4.78 is 18.1. The predicted octanol–water partition coefficient (Wildman–Crippen LogP) is 3.80. The zero-order valence-electron chi connectivity index (χ0n) is 14.8. The van der Waals surface area contributed by atoms with Crippen LogP contribution in [0.15, 0.2) is 46.9 Å². The number of para-hydroxylation sites is 2. The standard InChI is InChI=1S/C20H18N2O4/c1-12-14(11-19(23)25-3)15-10-13(24-2)8-9-17(15)22(12)20-21-16-6-4-5-7-18(16)26-20/h4-10H,11H2,1-3H3. The Morgan fingerprint density at radius 3 is 2.73 bits per heavy atom. The number of benzene rings is 2. The maximum Gasteiger partial charge on any atom is 0.310 e. The molecule has 0 bridgehead atoms. The highest BCUT2D eigenvalue weighted by atomic mass is 16.5. The number of fused-ring (bicyclic) bond motifs is 2. The Kier molecular flexibility index (Phi) is 3.88. The van der Waals surface area contributed by atoms with Crippen LogP contribution in [0.2, 0.25) is 0 Å². The number of carbonyl (C=O) groups is 1. The first-order valence-electron chi connectivity index (χ1n) is 8.23. The Morgan fingerprint density at radius 2 is 2.00 bits per heavy atom. The fourth-order valence-corrected chi connectivity index (χ4v) is 3.23. The first-order valence-corrected chi connectivity index (χ1v) is 8.23. The number of hydrogen-bond donors (Lipinski definition) is 0. The average Bonchev–Trinajstić information content (AvgIpc) is 3.20. The molecule has 0 atom stereocenters. The summed E-state index contributed by atoms with van der Waals surface area (Å²) in [6.07, 6.45) is 0.166. The Morgan fingerprint density at radius 1 is 1.19 bits per heavy atom. The van der Waals surface area contributed by atoms with E-state index in [2.05, 4.69) is 4.98 Å². The minimum atomic E-state index is -0.299. The van der Waals surface area contributed by atoms with Crippen molar-refractivity contribution in [3.63, 3.8) is 0 Å². The lowest BCUT2D eigenvalue weighted by Crippen LogP contribution is -2.06. The van der Waals surface area contributed by atoms with Crippen molar-refractivity contribution in [1.82, 2.24) is 9.55 Å². The molecule has 0 radical (unpaired) electrons. The van der Waals surface area contributed by atoms with E-state index in [0.29, 0.717) is 11.6 Å². The number of esters is 1. The summed E-state index contributed by atoms with van der Waals surface area (Å²) >= 11 is 0. The lowest BCUT2D eigenvalue weighted by Gasteiger charge is -2.03. The molecule has 6 nitrogen and oxygen atoms in total. The van der Waals surface area contributed by atoms with E-state index >= 15 is 0 Å². The van der Waals surface area contributed by atoms with Gasteiger partial charge in [0.15, 0.2) is 5.58 Å². The first-order chi connectivity index (χ1) is 12.6. The van der Waals surface area contributed by atoms with Gasteiger partial charge in [-0.3, -0.25) is 9.36 Å². The van der Waals surface area contributed by atoms with Crippen LogP contribution in [0, 0.1) is 6.92 Å². The molecule has 2 aromatic heterocycles. The third kappa shape index (κ3) is 2.50. The van der Waals surface area contributed by atoms with Crippen LogP contribution in [0.3, 0.4) is 0 Å². The highest BCUT2D eigenvalue weighted by Gasteiger charge is 2.21. The van der Waals surface area contributed by atoms with Gasteiger partial charge in [0.25, 0.3) is 0 Å². The van der Waals surface area contributed by atoms with E-state index in [-0.39, 0.29) is 12.4 Å². The fraction of sp³-hybridized carbons (Fsp3) is 0.200. The number of hydrogen-bond acceptors (Lipinski definition) is 5. The molecule has 0 aliphatic rings. The molecule has 0 fully saturated rings. The van der Waals surface area contributed by atoms with Crippen LogP contribution in [-0.2, 0) is 16.0 Å². The molecule has 0 saturated carbocycles. The van der Waals surface area contributed by atoms with Crippen LogP contribution < -0.4 is 4.74 Å². The van der Waals surface area contributed by atoms with Crippen LogP contribution in [0.1, 0.15) is 11.3 Å². The second-order valence-electron chi connectivity index (χ2n) is 6.00. The molecule has 0 aliphatic heterocycles. The molecule has 2 heterocycles. The molecular weight excluding hydrogens is 332 g/mol. The van der Waals surface area contributed by atoms with Crippen molar-refractivity contribution in [3.05, 3.63) is 53.7 Å². The Hall–Kier alpha value is -3.28. The SMILES string of the molecule is COC(=O)Cc1c(C)n(-c2nc3ccccc3o2)c2ccc(OC)cc12. The molecular formula is C20H18N2O4. The topological polar surface area (TPSA) is 66.5 Å². The molecule has 6 heteroatoms. The van der Waals surface area contributed by atoms with Gasteiger partial charge in [0.05, 0.1) is 26.2 Å². The van der Waals surface area contributed by atoms with Gasteiger partial charge in [0.2, 0.25) is 0 Å². The Labute approximate surface area is 149 Å². The molecule has 132 valence electrons. The highest BCUT2D eigenvalue weighted by Crippen LogP contribution is 2.33. The second-order valence-corrected chi connectivity index (χ2v) is 6.00. The third-order valence-electron chi connectivity index (χ3n) is 4.56. The molecule has 0 aliphatic carbocycles. The first kappa shape index (κ1) is 16.2. The normalized spacial score (nSPS) is 11.2. The number of aromatic nitrogens is 2. The van der Waals surface area contributed by atoms with Gasteiger partial charge in [-0.25, -0.2) is 0 Å². The summed E-state index contributed by atoms with van der Waals surface area (Å²) in [5, 5.41) is 0.912. The van der Waals surface area contributed by atoms with Gasteiger partial charge in [0.1, 0.15) is 11.3 Å². The molecule has 4 rings (SSSR count). The van der Waals surface area contributed by atoms with Gasteiger partial charge in [-0.05, 0) is 42.8 Å². The maximum atomic E-state index is 11.9. The zero-order valence-corrected chi connectivity index (χ0v) is 14.8. The van der Waals surface area contributed by atoms with Gasteiger partial charge < -0.3 is 13.9 Å². The molecule has 0 N–H and O–H groups in total. The van der Waals surface area contributed by atoms with Crippen molar-refractivity contribution in [2.75, 3.05) is 14.2 Å². The van der Waals surface area contributed by atoms with Crippen LogP contribution in [0.5, 0.6) is 5.75 Å². The number of nitrogens with zero attached hydrogens (tertiary/aromatic N) is 2. The predicted molar refractivity (Wildman–Crippen MR) is 97.9 cm³/mol. The average molecular weight is 350 g/mol. The van der Waals surface area contributed by atoms with Crippen molar-refractivity contribution in [3.8, 4) is 11.8 Å². The van der Waals surface area contributed by atoms with Crippen molar-refractivity contribution in [2.45, 2.75) is 13.3 Å². The van der Waals surface area contributed by atoms with Gasteiger partial charge in [-0.2, -0.15) is 4.98 Å². The largest absolute Gasteiger partial charge is 0.497 e. The summed E-state index contributed by atoms with van der Waals surface area (Å²) in [4.78, 5) is 16.5. The lowest BCUT2D eigenvalue weighted by atomic mass is 10.1. The van der Waals surface area contributed by atoms with Gasteiger partial charge in [0, 0.05) is 11.1 Å². The van der Waals surface area contributed by atoms with Crippen molar-refractivity contribution >= 4 is 28.0 Å². The summed E-state index contributed by atoms with van der Waals surface area (Å²) in [6, 6.07) is 13.8.